The van der Waals surface area contributed by atoms with Crippen LogP contribution in [0.2, 0.25) is 0 Å². The van der Waals surface area contributed by atoms with Gasteiger partial charge >= 0.3 is 0 Å². The van der Waals surface area contributed by atoms with Crippen molar-refractivity contribution < 1.29 is 4.79 Å². The first-order valence-corrected chi connectivity index (χ1v) is 4.59. The van der Waals surface area contributed by atoms with Crippen molar-refractivity contribution in [3.8, 4) is 0 Å². The van der Waals surface area contributed by atoms with E-state index in [2.05, 4.69) is 5.32 Å². The second-order valence-electron chi connectivity index (χ2n) is 3.31. The number of hydrogen-bond acceptors (Lipinski definition) is 2. The van der Waals surface area contributed by atoms with Crippen LogP contribution in [0.15, 0.2) is 36.5 Å². The molecule has 1 amide bonds. The van der Waals surface area contributed by atoms with Crippen LogP contribution in [0.1, 0.15) is 28.4 Å². The number of amides is 1. The molecule has 3 nitrogen and oxygen atoms in total. The van der Waals surface area contributed by atoms with Gasteiger partial charge in [0.25, 0.3) is 0 Å². The SMILES string of the molecule is NC(=O)c1ccccc1C1CC=CN1. The van der Waals surface area contributed by atoms with Gasteiger partial charge in [-0.2, -0.15) is 0 Å². The van der Waals surface area contributed by atoms with Crippen LogP contribution in [0.3, 0.4) is 0 Å². The minimum Gasteiger partial charge on any atom is -0.384 e. The van der Waals surface area contributed by atoms with Crippen LogP contribution in [0.25, 0.3) is 0 Å². The third kappa shape index (κ3) is 1.48. The Labute approximate surface area is 82.6 Å². The summed E-state index contributed by atoms with van der Waals surface area (Å²) in [5.74, 6) is -0.366. The highest BCUT2D eigenvalue weighted by atomic mass is 16.1. The van der Waals surface area contributed by atoms with Gasteiger partial charge in [0.05, 0.1) is 6.04 Å². The molecule has 0 fully saturated rings. The summed E-state index contributed by atoms with van der Waals surface area (Å²) in [6.45, 7) is 0. The maximum absolute atomic E-state index is 11.2. The Balaban J connectivity index is 2.36. The normalized spacial score (nSPS) is 19.3. The Hall–Kier alpha value is -1.77. The molecule has 2 rings (SSSR count). The Morgan fingerprint density at radius 1 is 1.43 bits per heavy atom. The van der Waals surface area contributed by atoms with Crippen LogP contribution in [0.4, 0.5) is 0 Å². The summed E-state index contributed by atoms with van der Waals surface area (Å²) in [5.41, 5.74) is 6.88. The first kappa shape index (κ1) is 8.81. The fraction of sp³-hybridized carbons (Fsp3) is 0.182. The molecule has 1 unspecified atom stereocenters. The van der Waals surface area contributed by atoms with E-state index in [1.807, 2.05) is 30.5 Å². The van der Waals surface area contributed by atoms with E-state index in [0.29, 0.717) is 5.56 Å². The van der Waals surface area contributed by atoms with Gasteiger partial charge in [-0.05, 0) is 24.3 Å². The highest BCUT2D eigenvalue weighted by molar-refractivity contribution is 5.94. The van der Waals surface area contributed by atoms with E-state index in [4.69, 9.17) is 5.73 Å². The summed E-state index contributed by atoms with van der Waals surface area (Å²) < 4.78 is 0. The largest absolute Gasteiger partial charge is 0.384 e. The summed E-state index contributed by atoms with van der Waals surface area (Å²) in [5, 5.41) is 3.18. The molecule has 0 aliphatic carbocycles. The summed E-state index contributed by atoms with van der Waals surface area (Å²) in [4.78, 5) is 11.2. The summed E-state index contributed by atoms with van der Waals surface area (Å²) >= 11 is 0. The zero-order chi connectivity index (χ0) is 9.97. The molecular weight excluding hydrogens is 176 g/mol. The second kappa shape index (κ2) is 3.54. The average molecular weight is 188 g/mol. The molecule has 0 aromatic heterocycles. The van der Waals surface area contributed by atoms with Crippen LogP contribution in [-0.2, 0) is 0 Å². The van der Waals surface area contributed by atoms with E-state index in [1.54, 1.807) is 6.07 Å². The molecule has 1 aromatic rings. The third-order valence-corrected chi connectivity index (χ3v) is 2.39. The third-order valence-electron chi connectivity index (χ3n) is 2.39. The lowest BCUT2D eigenvalue weighted by Gasteiger charge is -2.14. The molecule has 1 heterocycles. The van der Waals surface area contributed by atoms with Crippen molar-refractivity contribution in [3.05, 3.63) is 47.7 Å². The number of primary amides is 1. The Morgan fingerprint density at radius 2 is 2.21 bits per heavy atom. The van der Waals surface area contributed by atoms with Gasteiger partial charge in [-0.15, -0.1) is 0 Å². The number of carbonyl (C=O) groups excluding carboxylic acids is 1. The van der Waals surface area contributed by atoms with E-state index < -0.39 is 0 Å². The van der Waals surface area contributed by atoms with Crippen LogP contribution in [-0.4, -0.2) is 5.91 Å². The van der Waals surface area contributed by atoms with Crippen molar-refractivity contribution in [2.75, 3.05) is 0 Å². The molecule has 0 spiro atoms. The van der Waals surface area contributed by atoms with E-state index in [1.165, 1.54) is 0 Å². The number of hydrogen-bond donors (Lipinski definition) is 2. The van der Waals surface area contributed by atoms with Crippen LogP contribution >= 0.6 is 0 Å². The smallest absolute Gasteiger partial charge is 0.249 e. The molecule has 0 bridgehead atoms. The van der Waals surface area contributed by atoms with Crippen molar-refractivity contribution in [3.63, 3.8) is 0 Å². The van der Waals surface area contributed by atoms with Crippen LogP contribution < -0.4 is 11.1 Å². The molecular formula is C11H12N2O. The Bertz CT molecular complexity index is 377. The molecule has 3 heteroatoms. The minimum absolute atomic E-state index is 0.193. The maximum atomic E-state index is 11.2. The molecule has 0 saturated carbocycles. The van der Waals surface area contributed by atoms with Crippen molar-refractivity contribution in [2.24, 2.45) is 5.73 Å². The summed E-state index contributed by atoms with van der Waals surface area (Å²) in [6, 6.07) is 7.63. The molecule has 0 saturated heterocycles. The number of carbonyl (C=O) groups is 1. The molecule has 3 N–H and O–H groups in total. The molecule has 72 valence electrons. The van der Waals surface area contributed by atoms with Gasteiger partial charge in [0.2, 0.25) is 5.91 Å². The first-order valence-electron chi connectivity index (χ1n) is 4.59. The summed E-state index contributed by atoms with van der Waals surface area (Å²) in [7, 11) is 0. The van der Waals surface area contributed by atoms with Crippen molar-refractivity contribution >= 4 is 5.91 Å². The lowest BCUT2D eigenvalue weighted by Crippen LogP contribution is -2.18. The molecule has 1 aliphatic heterocycles. The number of benzene rings is 1. The van der Waals surface area contributed by atoms with Gasteiger partial charge in [-0.25, -0.2) is 0 Å². The predicted molar refractivity (Wildman–Crippen MR) is 54.6 cm³/mol. The van der Waals surface area contributed by atoms with E-state index in [-0.39, 0.29) is 11.9 Å². The van der Waals surface area contributed by atoms with Crippen molar-refractivity contribution in [1.29, 1.82) is 0 Å². The molecule has 1 aromatic carbocycles. The first-order chi connectivity index (χ1) is 6.79. The predicted octanol–water partition coefficient (Wildman–Crippen LogP) is 1.33. The zero-order valence-corrected chi connectivity index (χ0v) is 7.73. The van der Waals surface area contributed by atoms with Gasteiger partial charge < -0.3 is 11.1 Å². The molecule has 1 atom stereocenters. The quantitative estimate of drug-likeness (QED) is 0.735. The fourth-order valence-electron chi connectivity index (χ4n) is 1.70. The van der Waals surface area contributed by atoms with Gasteiger partial charge in [-0.3, -0.25) is 4.79 Å². The molecule has 1 aliphatic rings. The van der Waals surface area contributed by atoms with Crippen molar-refractivity contribution in [1.82, 2.24) is 5.32 Å². The molecule has 0 radical (unpaired) electrons. The lowest BCUT2D eigenvalue weighted by molar-refractivity contribution is 0.0999. The highest BCUT2D eigenvalue weighted by Gasteiger charge is 2.17. The van der Waals surface area contributed by atoms with Crippen molar-refractivity contribution in [2.45, 2.75) is 12.5 Å². The Morgan fingerprint density at radius 3 is 2.86 bits per heavy atom. The fourth-order valence-corrected chi connectivity index (χ4v) is 1.70. The molecule has 14 heavy (non-hydrogen) atoms. The second-order valence-corrected chi connectivity index (χ2v) is 3.31. The van der Waals surface area contributed by atoms with Gasteiger partial charge in [0.15, 0.2) is 0 Å². The van der Waals surface area contributed by atoms with Gasteiger partial charge in [-0.1, -0.05) is 24.3 Å². The topological polar surface area (TPSA) is 55.1 Å². The van der Waals surface area contributed by atoms with Gasteiger partial charge in [0.1, 0.15) is 0 Å². The summed E-state index contributed by atoms with van der Waals surface area (Å²) in [6.07, 6.45) is 4.86. The van der Waals surface area contributed by atoms with Crippen LogP contribution in [0, 0.1) is 0 Å². The lowest BCUT2D eigenvalue weighted by atomic mass is 9.99. The van der Waals surface area contributed by atoms with Gasteiger partial charge in [0, 0.05) is 5.56 Å². The van der Waals surface area contributed by atoms with E-state index >= 15 is 0 Å². The van der Waals surface area contributed by atoms with Crippen LogP contribution in [0.5, 0.6) is 0 Å². The Kier molecular flexibility index (Phi) is 2.23. The number of nitrogens with one attached hydrogen (secondary N) is 1. The highest BCUT2D eigenvalue weighted by Crippen LogP contribution is 2.23. The van der Waals surface area contributed by atoms with E-state index in [0.717, 1.165) is 12.0 Å². The average Bonchev–Trinajstić information content (AvgIpc) is 2.70. The maximum Gasteiger partial charge on any atom is 0.249 e. The van der Waals surface area contributed by atoms with E-state index in [9.17, 15) is 4.79 Å². The number of rotatable bonds is 2. The monoisotopic (exact) mass is 188 g/mol. The number of nitrogens with two attached hydrogens (primary N) is 1. The zero-order valence-electron chi connectivity index (χ0n) is 7.73. The minimum atomic E-state index is -0.366. The standard InChI is InChI=1S/C11H12N2O/c12-11(14)9-5-2-1-4-8(9)10-6-3-7-13-10/h1-5,7,10,13H,6H2,(H2,12,14).